The van der Waals surface area contributed by atoms with E-state index in [0.717, 1.165) is 31.4 Å². The van der Waals surface area contributed by atoms with Crippen molar-refractivity contribution in [3.8, 4) is 0 Å². The Balaban J connectivity index is 1.29. The summed E-state index contributed by atoms with van der Waals surface area (Å²) in [7, 11) is 1.93. The second kappa shape index (κ2) is 10.5. The van der Waals surface area contributed by atoms with E-state index >= 15 is 0 Å². The summed E-state index contributed by atoms with van der Waals surface area (Å²) in [6.07, 6.45) is 5.37. The average molecular weight is 539 g/mol. The number of ether oxygens (including phenoxy) is 1. The van der Waals surface area contributed by atoms with E-state index in [9.17, 15) is 10.2 Å². The Labute approximate surface area is 224 Å². The summed E-state index contributed by atoms with van der Waals surface area (Å²) < 4.78 is 15.0. The van der Waals surface area contributed by atoms with Gasteiger partial charge in [-0.05, 0) is 25.7 Å². The topological polar surface area (TPSA) is 174 Å². The minimum atomic E-state index is -1.27. The minimum absolute atomic E-state index is 0.151. The van der Waals surface area contributed by atoms with E-state index < -0.39 is 24.5 Å². The highest BCUT2D eigenvalue weighted by molar-refractivity contribution is 5.84. The summed E-state index contributed by atoms with van der Waals surface area (Å²) in [6.45, 7) is 4.80. The third-order valence-electron chi connectivity index (χ3n) is 7.33. The first-order chi connectivity index (χ1) is 18.9. The number of nitrogens with one attached hydrogen (secondary N) is 2. The predicted octanol–water partition coefficient (Wildman–Crippen LogP) is 2.07. The highest BCUT2D eigenvalue weighted by Gasteiger charge is 2.48. The van der Waals surface area contributed by atoms with E-state index in [0.29, 0.717) is 47.6 Å². The van der Waals surface area contributed by atoms with Gasteiger partial charge in [0, 0.05) is 38.2 Å². The fourth-order valence-corrected chi connectivity index (χ4v) is 4.83. The van der Waals surface area contributed by atoms with Crippen LogP contribution in [0.5, 0.6) is 0 Å². The zero-order valence-electron chi connectivity index (χ0n) is 22.2. The van der Waals surface area contributed by atoms with E-state index in [1.807, 2.05) is 17.8 Å². The Morgan fingerprint density at radius 3 is 2.62 bits per heavy atom. The first kappa shape index (κ1) is 25.6. The second-order valence-electron chi connectivity index (χ2n) is 10.3. The molecular weight excluding hydrogens is 504 g/mol. The van der Waals surface area contributed by atoms with E-state index in [4.69, 9.17) is 19.2 Å². The van der Waals surface area contributed by atoms with Gasteiger partial charge in [-0.3, -0.25) is 4.57 Å². The molecule has 2 fully saturated rings. The molecule has 0 spiro atoms. The van der Waals surface area contributed by atoms with Crippen molar-refractivity contribution in [1.82, 2.24) is 39.2 Å². The lowest BCUT2D eigenvalue weighted by Gasteiger charge is -2.18. The normalized spacial score (nSPS) is 23.2. The van der Waals surface area contributed by atoms with Crippen molar-refractivity contribution in [1.29, 1.82) is 0 Å². The Bertz CT molecular complexity index is 1430. The molecule has 2 aliphatic rings. The number of anilines is 2. The molecule has 208 valence electrons. The van der Waals surface area contributed by atoms with Crippen molar-refractivity contribution in [3.63, 3.8) is 0 Å². The largest absolute Gasteiger partial charge is 0.387 e. The Morgan fingerprint density at radius 1 is 1.08 bits per heavy atom. The summed E-state index contributed by atoms with van der Waals surface area (Å²) >= 11 is 0. The van der Waals surface area contributed by atoms with Crippen molar-refractivity contribution in [2.24, 2.45) is 7.05 Å². The van der Waals surface area contributed by atoms with Gasteiger partial charge in [-0.25, -0.2) is 9.97 Å². The molecule has 0 amide bonds. The lowest BCUT2D eigenvalue weighted by Crippen LogP contribution is -2.29. The Kier molecular flexibility index (Phi) is 6.91. The number of hydrogen-bond acceptors (Lipinski definition) is 12. The van der Waals surface area contributed by atoms with Crippen molar-refractivity contribution in [3.05, 3.63) is 36.3 Å². The first-order valence-electron chi connectivity index (χ1n) is 13.5. The summed E-state index contributed by atoms with van der Waals surface area (Å²) in [4.78, 5) is 22.8. The number of nitrogens with zero attached hydrogens (tertiary/aromatic N) is 8. The molecule has 4 aromatic rings. The molecule has 0 radical (unpaired) electrons. The molecular formula is C25H34N10O4. The molecule has 14 heteroatoms. The smallest absolute Gasteiger partial charge is 0.258 e. The number of aliphatic hydroxyl groups is 2. The van der Waals surface area contributed by atoms with Gasteiger partial charge >= 0.3 is 0 Å². The molecule has 1 aliphatic carbocycles. The van der Waals surface area contributed by atoms with Crippen molar-refractivity contribution < 1.29 is 19.5 Å². The van der Waals surface area contributed by atoms with Gasteiger partial charge < -0.3 is 34.7 Å². The number of imidazole rings is 2. The number of fused-ring (bicyclic) bond motifs is 1. The fourth-order valence-electron chi connectivity index (χ4n) is 4.83. The number of aryl methyl sites for hydroxylation is 1. The Hall–Kier alpha value is -3.62. The summed E-state index contributed by atoms with van der Waals surface area (Å²) in [5, 5.41) is 32.6. The van der Waals surface area contributed by atoms with Crippen LogP contribution in [0.25, 0.3) is 11.2 Å². The molecule has 5 heterocycles. The third-order valence-corrected chi connectivity index (χ3v) is 7.33. The molecule has 1 aliphatic heterocycles. The van der Waals surface area contributed by atoms with Gasteiger partial charge in [0.2, 0.25) is 5.95 Å². The highest BCUT2D eigenvalue weighted by Crippen LogP contribution is 2.42. The van der Waals surface area contributed by atoms with Gasteiger partial charge in [-0.2, -0.15) is 15.0 Å². The van der Waals surface area contributed by atoms with Crippen LogP contribution in [0.2, 0.25) is 0 Å². The zero-order valence-corrected chi connectivity index (χ0v) is 22.2. The summed E-state index contributed by atoms with van der Waals surface area (Å²) in [5.41, 5.74) is 1.96. The summed E-state index contributed by atoms with van der Waals surface area (Å²) in [6, 6.07) is 0.201. The molecule has 0 bridgehead atoms. The molecule has 4 aromatic heterocycles. The van der Waals surface area contributed by atoms with Crippen LogP contribution in [-0.2, 0) is 18.2 Å². The van der Waals surface area contributed by atoms with Crippen LogP contribution in [0.1, 0.15) is 75.2 Å². The first-order valence-corrected chi connectivity index (χ1v) is 13.5. The van der Waals surface area contributed by atoms with Crippen LogP contribution in [0.4, 0.5) is 11.8 Å². The van der Waals surface area contributed by atoms with Gasteiger partial charge in [0.1, 0.15) is 12.2 Å². The van der Waals surface area contributed by atoms with Crippen LogP contribution >= 0.6 is 0 Å². The van der Waals surface area contributed by atoms with Crippen LogP contribution in [0.3, 0.4) is 0 Å². The molecule has 4 atom stereocenters. The van der Waals surface area contributed by atoms with Crippen LogP contribution in [-0.4, -0.2) is 74.2 Å². The number of aliphatic hydroxyl groups excluding tert-OH is 2. The third kappa shape index (κ3) is 5.06. The minimum Gasteiger partial charge on any atom is -0.387 e. The quantitative estimate of drug-likeness (QED) is 0.219. The molecule has 4 N–H and O–H groups in total. The molecule has 0 aromatic carbocycles. The lowest BCUT2D eigenvalue weighted by molar-refractivity contribution is -0.0451. The molecule has 1 saturated heterocycles. The van der Waals surface area contributed by atoms with Gasteiger partial charge in [0.15, 0.2) is 35.1 Å². The molecule has 39 heavy (non-hydrogen) atoms. The number of rotatable bonds is 11. The van der Waals surface area contributed by atoms with Crippen molar-refractivity contribution >= 4 is 22.9 Å². The second-order valence-corrected chi connectivity index (χ2v) is 10.3. The van der Waals surface area contributed by atoms with Crippen molar-refractivity contribution in [2.75, 3.05) is 17.2 Å². The highest BCUT2D eigenvalue weighted by atomic mass is 16.6. The average Bonchev–Trinajstić information content (AvgIpc) is 3.22. The van der Waals surface area contributed by atoms with Gasteiger partial charge in [-0.15, -0.1) is 0 Å². The summed E-state index contributed by atoms with van der Waals surface area (Å²) in [5.74, 6) is 2.05. The molecule has 14 nitrogen and oxygen atoms in total. The lowest BCUT2D eigenvalue weighted by atomic mass is 10.1. The molecule has 1 saturated carbocycles. The number of aromatic nitrogens is 8. The van der Waals surface area contributed by atoms with Crippen LogP contribution in [0.15, 0.2) is 23.4 Å². The fraction of sp³-hybridized carbons (Fsp3) is 0.600. The SMILES string of the molecule is CCC(CC)Nc1nc(NCCc2cn(C)cn2)nc2c1ncn2[C@@H]1O[C@H](c2nc(C3CC3)no2)[C@@H](O)[C@H]1O. The van der Waals surface area contributed by atoms with E-state index in [-0.39, 0.29) is 11.9 Å². The zero-order chi connectivity index (χ0) is 27.1. The maximum absolute atomic E-state index is 11.0. The van der Waals surface area contributed by atoms with E-state index in [1.54, 1.807) is 17.2 Å². The van der Waals surface area contributed by atoms with Gasteiger partial charge in [0.05, 0.1) is 18.3 Å². The maximum atomic E-state index is 11.0. The molecule has 6 rings (SSSR count). The van der Waals surface area contributed by atoms with E-state index in [1.165, 1.54) is 0 Å². The van der Waals surface area contributed by atoms with Gasteiger partial charge in [-0.1, -0.05) is 19.0 Å². The monoisotopic (exact) mass is 538 g/mol. The van der Waals surface area contributed by atoms with Gasteiger partial charge in [0.25, 0.3) is 5.89 Å². The molecule has 0 unspecified atom stereocenters. The van der Waals surface area contributed by atoms with Crippen molar-refractivity contribution in [2.45, 2.75) is 82.5 Å². The van der Waals surface area contributed by atoms with Crippen LogP contribution in [0, 0.1) is 0 Å². The maximum Gasteiger partial charge on any atom is 0.258 e. The van der Waals surface area contributed by atoms with E-state index in [2.05, 4.69) is 44.6 Å². The van der Waals surface area contributed by atoms with Crippen LogP contribution < -0.4 is 10.6 Å². The Morgan fingerprint density at radius 2 is 1.90 bits per heavy atom. The predicted molar refractivity (Wildman–Crippen MR) is 140 cm³/mol. The standard InChI is InChI=1S/C25H34N10O4/c1-4-14(5-2)29-21-16-22(32-25(31-21)26-9-8-15-10-34(3)11-27-15)35(12-28-16)24-18(37)17(36)19(38-24)23-30-20(33-39-23)13-6-7-13/h10-14,17-19,24,36-37H,4-9H2,1-3H3,(H2,26,29,31,32)/t17-,18+,19-,24+/m0/s1. The number of hydrogen-bond donors (Lipinski definition) is 4.